The standard InChI is InChI=1S/C12H17N3.HI/c1-10(2)8-14-12(13)15-9-11-6-4-3-5-7-11;/h3-7H,1,8-9H2,2H3,(H3,13,14,15);1H. The Labute approximate surface area is 114 Å². The molecule has 0 aliphatic rings. The van der Waals surface area contributed by atoms with Gasteiger partial charge in [-0.1, -0.05) is 42.5 Å². The maximum atomic E-state index is 5.67. The fourth-order valence-corrected chi connectivity index (χ4v) is 1.06. The molecule has 0 atom stereocenters. The molecule has 0 aromatic heterocycles. The normalized spacial score (nSPS) is 10.4. The van der Waals surface area contributed by atoms with Gasteiger partial charge in [-0.15, -0.1) is 24.0 Å². The Bertz CT molecular complexity index is 347. The monoisotopic (exact) mass is 331 g/mol. The van der Waals surface area contributed by atoms with E-state index in [1.54, 1.807) is 0 Å². The van der Waals surface area contributed by atoms with Crippen LogP contribution in [0, 0.1) is 0 Å². The predicted molar refractivity (Wildman–Crippen MR) is 80.0 cm³/mol. The summed E-state index contributed by atoms with van der Waals surface area (Å²) in [7, 11) is 0. The van der Waals surface area contributed by atoms with Crippen molar-refractivity contribution in [2.45, 2.75) is 13.5 Å². The van der Waals surface area contributed by atoms with Crippen LogP contribution in [0.1, 0.15) is 12.5 Å². The summed E-state index contributed by atoms with van der Waals surface area (Å²) in [5.74, 6) is 0.460. The van der Waals surface area contributed by atoms with Gasteiger partial charge in [0.05, 0.1) is 6.54 Å². The van der Waals surface area contributed by atoms with Crippen molar-refractivity contribution in [1.29, 1.82) is 0 Å². The third-order valence-corrected chi connectivity index (χ3v) is 1.85. The SMILES string of the molecule is C=C(C)CNC(N)=NCc1ccccc1.I. The topological polar surface area (TPSA) is 50.4 Å². The molecule has 1 aromatic rings. The lowest BCUT2D eigenvalue weighted by atomic mass is 10.2. The van der Waals surface area contributed by atoms with Crippen molar-refractivity contribution < 1.29 is 0 Å². The van der Waals surface area contributed by atoms with Gasteiger partial charge in [0.25, 0.3) is 0 Å². The second-order valence-electron chi connectivity index (χ2n) is 3.50. The summed E-state index contributed by atoms with van der Waals surface area (Å²) >= 11 is 0. The quantitative estimate of drug-likeness (QED) is 0.385. The molecule has 3 nitrogen and oxygen atoms in total. The van der Waals surface area contributed by atoms with Crippen molar-refractivity contribution in [2.24, 2.45) is 10.7 Å². The highest BCUT2D eigenvalue weighted by Gasteiger charge is 1.92. The van der Waals surface area contributed by atoms with Crippen LogP contribution in [-0.2, 0) is 6.54 Å². The maximum Gasteiger partial charge on any atom is 0.189 e. The minimum Gasteiger partial charge on any atom is -0.370 e. The maximum absolute atomic E-state index is 5.67. The molecule has 0 aliphatic carbocycles. The van der Waals surface area contributed by atoms with E-state index in [0.29, 0.717) is 19.0 Å². The number of nitrogens with two attached hydrogens (primary N) is 1. The molecule has 0 amide bonds. The molecule has 0 saturated carbocycles. The van der Waals surface area contributed by atoms with Crippen molar-refractivity contribution in [3.8, 4) is 0 Å². The highest BCUT2D eigenvalue weighted by molar-refractivity contribution is 14.0. The minimum atomic E-state index is 0. The lowest BCUT2D eigenvalue weighted by Gasteiger charge is -2.04. The molecule has 3 N–H and O–H groups in total. The second-order valence-corrected chi connectivity index (χ2v) is 3.50. The Morgan fingerprint density at radius 3 is 2.56 bits per heavy atom. The average Bonchev–Trinajstić information content (AvgIpc) is 2.25. The molecule has 1 rings (SSSR count). The number of benzene rings is 1. The van der Waals surface area contributed by atoms with Gasteiger partial charge in [0.1, 0.15) is 0 Å². The van der Waals surface area contributed by atoms with Crippen LogP contribution in [0.5, 0.6) is 0 Å². The summed E-state index contributed by atoms with van der Waals surface area (Å²) in [6.45, 7) is 6.99. The zero-order chi connectivity index (χ0) is 11.1. The van der Waals surface area contributed by atoms with E-state index in [0.717, 1.165) is 11.1 Å². The fourth-order valence-electron chi connectivity index (χ4n) is 1.06. The van der Waals surface area contributed by atoms with E-state index in [9.17, 15) is 0 Å². The molecule has 0 aliphatic heterocycles. The van der Waals surface area contributed by atoms with E-state index in [4.69, 9.17) is 5.73 Å². The molecular weight excluding hydrogens is 313 g/mol. The van der Waals surface area contributed by atoms with Crippen molar-refractivity contribution >= 4 is 29.9 Å². The van der Waals surface area contributed by atoms with E-state index in [2.05, 4.69) is 16.9 Å². The number of rotatable bonds is 4. The lowest BCUT2D eigenvalue weighted by Crippen LogP contribution is -2.32. The number of hydrogen-bond donors (Lipinski definition) is 2. The summed E-state index contributed by atoms with van der Waals surface area (Å²) in [6, 6.07) is 10.0. The third-order valence-electron chi connectivity index (χ3n) is 1.85. The summed E-state index contributed by atoms with van der Waals surface area (Å²) < 4.78 is 0. The van der Waals surface area contributed by atoms with Gasteiger partial charge in [0.2, 0.25) is 0 Å². The van der Waals surface area contributed by atoms with Gasteiger partial charge in [0.15, 0.2) is 5.96 Å². The summed E-state index contributed by atoms with van der Waals surface area (Å²) in [5.41, 5.74) is 7.85. The van der Waals surface area contributed by atoms with Gasteiger partial charge in [-0.2, -0.15) is 0 Å². The summed E-state index contributed by atoms with van der Waals surface area (Å²) in [5, 5.41) is 2.98. The van der Waals surface area contributed by atoms with Crippen molar-refractivity contribution in [2.75, 3.05) is 6.54 Å². The Kier molecular flexibility index (Phi) is 7.62. The zero-order valence-corrected chi connectivity index (χ0v) is 11.8. The Balaban J connectivity index is 0.00000225. The number of aliphatic imine (C=N–C) groups is 1. The van der Waals surface area contributed by atoms with Crippen LogP contribution in [-0.4, -0.2) is 12.5 Å². The van der Waals surface area contributed by atoms with E-state index < -0.39 is 0 Å². The van der Waals surface area contributed by atoms with Crippen LogP contribution in [0.25, 0.3) is 0 Å². The number of hydrogen-bond acceptors (Lipinski definition) is 1. The van der Waals surface area contributed by atoms with E-state index >= 15 is 0 Å². The summed E-state index contributed by atoms with van der Waals surface area (Å²) in [6.07, 6.45) is 0. The first-order chi connectivity index (χ1) is 7.18. The molecular formula is C12H18IN3. The molecule has 0 saturated heterocycles. The van der Waals surface area contributed by atoms with Crippen molar-refractivity contribution in [3.63, 3.8) is 0 Å². The molecule has 88 valence electrons. The van der Waals surface area contributed by atoms with Crippen LogP contribution >= 0.6 is 24.0 Å². The van der Waals surface area contributed by atoms with Crippen LogP contribution in [0.2, 0.25) is 0 Å². The van der Waals surface area contributed by atoms with Gasteiger partial charge in [-0.05, 0) is 12.5 Å². The Morgan fingerprint density at radius 1 is 1.38 bits per heavy atom. The highest BCUT2D eigenvalue weighted by atomic mass is 127. The van der Waals surface area contributed by atoms with E-state index in [1.807, 2.05) is 37.3 Å². The first-order valence-electron chi connectivity index (χ1n) is 4.90. The van der Waals surface area contributed by atoms with Crippen molar-refractivity contribution in [3.05, 3.63) is 48.0 Å². The van der Waals surface area contributed by atoms with E-state index in [1.165, 1.54) is 0 Å². The Hall–Kier alpha value is -1.04. The molecule has 0 fully saturated rings. The van der Waals surface area contributed by atoms with Gasteiger partial charge in [-0.25, -0.2) is 4.99 Å². The smallest absolute Gasteiger partial charge is 0.189 e. The number of guanidine groups is 1. The third kappa shape index (κ3) is 6.44. The Morgan fingerprint density at radius 2 is 2.00 bits per heavy atom. The van der Waals surface area contributed by atoms with Gasteiger partial charge < -0.3 is 11.1 Å². The molecule has 0 bridgehead atoms. The van der Waals surface area contributed by atoms with Crippen LogP contribution in [0.4, 0.5) is 0 Å². The molecule has 0 heterocycles. The minimum absolute atomic E-state index is 0. The van der Waals surface area contributed by atoms with Crippen LogP contribution in [0.3, 0.4) is 0 Å². The molecule has 1 aromatic carbocycles. The largest absolute Gasteiger partial charge is 0.370 e. The molecule has 0 spiro atoms. The number of nitrogens with one attached hydrogen (secondary N) is 1. The van der Waals surface area contributed by atoms with Crippen LogP contribution in [0.15, 0.2) is 47.5 Å². The van der Waals surface area contributed by atoms with Crippen LogP contribution < -0.4 is 11.1 Å². The molecule has 0 radical (unpaired) electrons. The van der Waals surface area contributed by atoms with Gasteiger partial charge in [-0.3, -0.25) is 0 Å². The average molecular weight is 331 g/mol. The number of nitrogens with zero attached hydrogens (tertiary/aromatic N) is 1. The summed E-state index contributed by atoms with van der Waals surface area (Å²) in [4.78, 5) is 4.21. The number of halogens is 1. The lowest BCUT2D eigenvalue weighted by molar-refractivity contribution is 0.940. The fraction of sp³-hybridized carbons (Fsp3) is 0.250. The molecule has 16 heavy (non-hydrogen) atoms. The molecule has 4 heteroatoms. The predicted octanol–water partition coefficient (Wildman–Crippen LogP) is 2.29. The first kappa shape index (κ1) is 15.0. The second kappa shape index (κ2) is 8.15. The highest BCUT2D eigenvalue weighted by Crippen LogP contribution is 1.99. The molecule has 0 unspecified atom stereocenters. The van der Waals surface area contributed by atoms with Gasteiger partial charge in [0, 0.05) is 6.54 Å². The van der Waals surface area contributed by atoms with E-state index in [-0.39, 0.29) is 24.0 Å². The van der Waals surface area contributed by atoms with Crippen molar-refractivity contribution in [1.82, 2.24) is 5.32 Å². The van der Waals surface area contributed by atoms with Gasteiger partial charge >= 0.3 is 0 Å². The zero-order valence-electron chi connectivity index (χ0n) is 9.44. The first-order valence-corrected chi connectivity index (χ1v) is 4.90.